The molecular formula is C20H24ClNO2S. The lowest BCUT2D eigenvalue weighted by atomic mass is 10.1. The first-order valence-electron chi connectivity index (χ1n) is 8.23. The zero-order valence-electron chi connectivity index (χ0n) is 14.8. The summed E-state index contributed by atoms with van der Waals surface area (Å²) >= 11 is 7.66. The first-order valence-corrected chi connectivity index (χ1v) is 9.76. The highest BCUT2D eigenvalue weighted by Crippen LogP contribution is 2.21. The van der Waals surface area contributed by atoms with Crippen LogP contribution in [0.4, 0.5) is 0 Å². The van der Waals surface area contributed by atoms with Crippen LogP contribution in [0.1, 0.15) is 25.0 Å². The van der Waals surface area contributed by atoms with Gasteiger partial charge < -0.3 is 10.1 Å². The van der Waals surface area contributed by atoms with Crippen LogP contribution < -0.4 is 10.1 Å². The molecule has 5 heteroatoms. The average Bonchev–Trinajstić information content (AvgIpc) is 2.58. The molecule has 0 bridgehead atoms. The zero-order valence-corrected chi connectivity index (χ0v) is 16.4. The van der Waals surface area contributed by atoms with Gasteiger partial charge in [0.2, 0.25) is 0 Å². The lowest BCUT2D eigenvalue weighted by Gasteiger charge is -2.25. The van der Waals surface area contributed by atoms with Gasteiger partial charge in [0.05, 0.1) is 0 Å². The van der Waals surface area contributed by atoms with E-state index in [1.807, 2.05) is 0 Å². The zero-order chi connectivity index (χ0) is 18.3. The molecule has 0 radical (unpaired) electrons. The number of hydrogen-bond acceptors (Lipinski definition) is 3. The number of ether oxygens (including phenoxy) is 1. The average molecular weight is 378 g/mol. The number of halogens is 1. The predicted molar refractivity (Wildman–Crippen MR) is 107 cm³/mol. The SMILES string of the molecule is Cc1ccc(CSCCNC(=O)C(C)(C)Oc2ccc(Cl)cc2)cc1. The summed E-state index contributed by atoms with van der Waals surface area (Å²) in [5.41, 5.74) is 1.63. The molecule has 134 valence electrons. The first-order chi connectivity index (χ1) is 11.9. The predicted octanol–water partition coefficient (Wildman–Crippen LogP) is 4.86. The summed E-state index contributed by atoms with van der Waals surface area (Å²) in [5, 5.41) is 3.58. The summed E-state index contributed by atoms with van der Waals surface area (Å²) in [4.78, 5) is 12.3. The highest BCUT2D eigenvalue weighted by atomic mass is 35.5. The molecule has 0 aliphatic rings. The van der Waals surface area contributed by atoms with E-state index in [9.17, 15) is 4.79 Å². The minimum atomic E-state index is -0.935. The molecule has 3 nitrogen and oxygen atoms in total. The Morgan fingerprint density at radius 2 is 1.76 bits per heavy atom. The molecule has 2 rings (SSSR count). The fourth-order valence-electron chi connectivity index (χ4n) is 2.17. The maximum absolute atomic E-state index is 12.3. The number of thioether (sulfide) groups is 1. The fraction of sp³-hybridized carbons (Fsp3) is 0.350. The van der Waals surface area contributed by atoms with Crippen molar-refractivity contribution in [3.63, 3.8) is 0 Å². The Morgan fingerprint density at radius 1 is 1.12 bits per heavy atom. The maximum atomic E-state index is 12.3. The van der Waals surface area contributed by atoms with Gasteiger partial charge in [-0.1, -0.05) is 41.4 Å². The van der Waals surface area contributed by atoms with Crippen LogP contribution in [0.5, 0.6) is 5.75 Å². The van der Waals surface area contributed by atoms with Crippen molar-refractivity contribution in [3.05, 3.63) is 64.7 Å². The van der Waals surface area contributed by atoms with Crippen LogP contribution in [-0.2, 0) is 10.5 Å². The summed E-state index contributed by atoms with van der Waals surface area (Å²) < 4.78 is 5.78. The van der Waals surface area contributed by atoms with E-state index in [4.69, 9.17) is 16.3 Å². The second-order valence-electron chi connectivity index (χ2n) is 6.36. The third-order valence-electron chi connectivity index (χ3n) is 3.65. The van der Waals surface area contributed by atoms with Crippen molar-refractivity contribution >= 4 is 29.3 Å². The topological polar surface area (TPSA) is 38.3 Å². The van der Waals surface area contributed by atoms with Crippen LogP contribution in [0, 0.1) is 6.92 Å². The van der Waals surface area contributed by atoms with Crippen LogP contribution in [0.3, 0.4) is 0 Å². The molecule has 1 N–H and O–H groups in total. The second kappa shape index (κ2) is 9.16. The van der Waals surface area contributed by atoms with E-state index in [2.05, 4.69) is 36.5 Å². The number of amides is 1. The van der Waals surface area contributed by atoms with Crippen LogP contribution in [0.25, 0.3) is 0 Å². The fourth-order valence-corrected chi connectivity index (χ4v) is 3.11. The molecule has 0 saturated heterocycles. The first kappa shape index (κ1) is 19.7. The normalized spacial score (nSPS) is 11.2. The Kier molecular flexibility index (Phi) is 7.21. The van der Waals surface area contributed by atoms with Gasteiger partial charge in [-0.2, -0.15) is 11.8 Å². The van der Waals surface area contributed by atoms with Crippen molar-refractivity contribution in [1.29, 1.82) is 0 Å². The van der Waals surface area contributed by atoms with E-state index in [1.54, 1.807) is 49.9 Å². The van der Waals surface area contributed by atoms with E-state index in [0.29, 0.717) is 17.3 Å². The minimum Gasteiger partial charge on any atom is -0.478 e. The molecule has 25 heavy (non-hydrogen) atoms. The summed E-state index contributed by atoms with van der Waals surface area (Å²) in [6, 6.07) is 15.5. The molecular weight excluding hydrogens is 354 g/mol. The van der Waals surface area contributed by atoms with Gasteiger partial charge in [0, 0.05) is 23.1 Å². The highest BCUT2D eigenvalue weighted by molar-refractivity contribution is 7.98. The van der Waals surface area contributed by atoms with Gasteiger partial charge in [0.25, 0.3) is 5.91 Å². The number of aryl methyl sites for hydroxylation is 1. The molecule has 2 aromatic carbocycles. The van der Waals surface area contributed by atoms with Gasteiger partial charge in [-0.3, -0.25) is 4.79 Å². The van der Waals surface area contributed by atoms with Crippen molar-refractivity contribution in [1.82, 2.24) is 5.32 Å². The minimum absolute atomic E-state index is 0.126. The molecule has 0 atom stereocenters. The summed E-state index contributed by atoms with van der Waals surface area (Å²) in [6.07, 6.45) is 0. The monoisotopic (exact) mass is 377 g/mol. The Bertz CT molecular complexity index is 684. The third-order valence-corrected chi connectivity index (χ3v) is 4.94. The van der Waals surface area contributed by atoms with Crippen LogP contribution in [0.2, 0.25) is 5.02 Å². The van der Waals surface area contributed by atoms with E-state index in [1.165, 1.54) is 11.1 Å². The van der Waals surface area contributed by atoms with Gasteiger partial charge in [-0.25, -0.2) is 0 Å². The van der Waals surface area contributed by atoms with Crippen molar-refractivity contribution in [2.75, 3.05) is 12.3 Å². The molecule has 0 fully saturated rings. The number of hydrogen-bond donors (Lipinski definition) is 1. The largest absolute Gasteiger partial charge is 0.478 e. The molecule has 0 unspecified atom stereocenters. The smallest absolute Gasteiger partial charge is 0.263 e. The maximum Gasteiger partial charge on any atom is 0.263 e. The van der Waals surface area contributed by atoms with Crippen molar-refractivity contribution in [2.24, 2.45) is 0 Å². The molecule has 2 aromatic rings. The van der Waals surface area contributed by atoms with E-state index in [-0.39, 0.29) is 5.91 Å². The van der Waals surface area contributed by atoms with Crippen LogP contribution >= 0.6 is 23.4 Å². The van der Waals surface area contributed by atoms with Gasteiger partial charge in [0.15, 0.2) is 5.60 Å². The molecule has 1 amide bonds. The van der Waals surface area contributed by atoms with Crippen molar-refractivity contribution in [2.45, 2.75) is 32.1 Å². The number of carbonyl (C=O) groups excluding carboxylic acids is 1. The molecule has 0 aromatic heterocycles. The quantitative estimate of drug-likeness (QED) is 0.668. The summed E-state index contributed by atoms with van der Waals surface area (Å²) in [5.74, 6) is 2.30. The van der Waals surface area contributed by atoms with E-state index >= 15 is 0 Å². The highest BCUT2D eigenvalue weighted by Gasteiger charge is 2.29. The van der Waals surface area contributed by atoms with E-state index < -0.39 is 5.60 Å². The number of benzene rings is 2. The molecule has 0 heterocycles. The summed E-state index contributed by atoms with van der Waals surface area (Å²) in [6.45, 7) is 6.22. The second-order valence-corrected chi connectivity index (χ2v) is 7.90. The number of rotatable bonds is 8. The van der Waals surface area contributed by atoms with Gasteiger partial charge in [-0.15, -0.1) is 0 Å². The van der Waals surface area contributed by atoms with Crippen molar-refractivity contribution in [3.8, 4) is 5.75 Å². The molecule has 0 aliphatic carbocycles. The standard InChI is InChI=1S/C20H24ClNO2S/c1-15-4-6-16(7-5-15)14-25-13-12-22-19(23)20(2,3)24-18-10-8-17(21)9-11-18/h4-11H,12-14H2,1-3H3,(H,22,23). The van der Waals surface area contributed by atoms with Gasteiger partial charge in [-0.05, 0) is 50.6 Å². The van der Waals surface area contributed by atoms with Gasteiger partial charge >= 0.3 is 0 Å². The third kappa shape index (κ3) is 6.63. The summed E-state index contributed by atoms with van der Waals surface area (Å²) in [7, 11) is 0. The lowest BCUT2D eigenvalue weighted by Crippen LogP contribution is -2.47. The Labute approximate surface area is 159 Å². The van der Waals surface area contributed by atoms with Crippen molar-refractivity contribution < 1.29 is 9.53 Å². The Balaban J connectivity index is 1.71. The van der Waals surface area contributed by atoms with E-state index in [0.717, 1.165) is 11.5 Å². The lowest BCUT2D eigenvalue weighted by molar-refractivity contribution is -0.134. The van der Waals surface area contributed by atoms with Crippen LogP contribution in [-0.4, -0.2) is 23.8 Å². The number of carbonyl (C=O) groups is 1. The molecule has 0 spiro atoms. The molecule has 0 aliphatic heterocycles. The molecule has 0 saturated carbocycles. The van der Waals surface area contributed by atoms with Crippen LogP contribution in [0.15, 0.2) is 48.5 Å². The Hall–Kier alpha value is -1.65. The van der Waals surface area contributed by atoms with Gasteiger partial charge in [0.1, 0.15) is 5.75 Å². The number of nitrogens with one attached hydrogen (secondary N) is 1. The Morgan fingerprint density at radius 3 is 2.40 bits per heavy atom.